The number of ether oxygens (including phenoxy) is 2. The Bertz CT molecular complexity index is 489. The number of rotatable bonds is 8. The molecule has 1 aromatic carbocycles. The second-order valence-corrected chi connectivity index (χ2v) is 5.25. The molecule has 0 saturated carbocycles. The molecule has 0 fully saturated rings. The first-order chi connectivity index (χ1) is 10.5. The van der Waals surface area contributed by atoms with Crippen LogP contribution < -0.4 is 20.5 Å². The minimum atomic E-state index is 0.113. The van der Waals surface area contributed by atoms with Crippen molar-refractivity contribution in [3.8, 4) is 11.5 Å². The Labute approximate surface area is 133 Å². The van der Waals surface area contributed by atoms with Crippen LogP contribution in [0.1, 0.15) is 24.9 Å². The Balaban J connectivity index is 2.91. The number of hydrogen-bond acceptors (Lipinski definition) is 4. The third-order valence-electron chi connectivity index (χ3n) is 3.41. The minimum Gasteiger partial charge on any atom is -0.493 e. The summed E-state index contributed by atoms with van der Waals surface area (Å²) < 4.78 is 10.6. The number of benzene rings is 1. The van der Waals surface area contributed by atoms with Gasteiger partial charge >= 0.3 is 0 Å². The molecule has 0 aliphatic heterocycles. The van der Waals surface area contributed by atoms with Gasteiger partial charge in [0.2, 0.25) is 0 Å². The highest BCUT2D eigenvalue weighted by Gasteiger charge is 2.16. The molecule has 22 heavy (non-hydrogen) atoms. The molecule has 6 heteroatoms. The Morgan fingerprint density at radius 3 is 2.50 bits per heavy atom. The van der Waals surface area contributed by atoms with E-state index >= 15 is 0 Å². The fourth-order valence-corrected chi connectivity index (χ4v) is 2.12. The molecule has 6 nitrogen and oxygen atoms in total. The van der Waals surface area contributed by atoms with Crippen LogP contribution in [0.5, 0.6) is 11.5 Å². The van der Waals surface area contributed by atoms with E-state index in [0.717, 1.165) is 24.3 Å². The van der Waals surface area contributed by atoms with Crippen LogP contribution in [-0.2, 0) is 0 Å². The molecule has 1 aromatic rings. The van der Waals surface area contributed by atoms with Crippen molar-refractivity contribution in [2.45, 2.75) is 19.4 Å². The number of methoxy groups -OCH3 is 2. The van der Waals surface area contributed by atoms with Crippen molar-refractivity contribution >= 4 is 5.96 Å². The summed E-state index contributed by atoms with van der Waals surface area (Å²) in [6.45, 7) is 3.50. The van der Waals surface area contributed by atoms with Gasteiger partial charge in [0.25, 0.3) is 0 Å². The maximum absolute atomic E-state index is 5.86. The van der Waals surface area contributed by atoms with E-state index in [-0.39, 0.29) is 6.04 Å². The zero-order valence-corrected chi connectivity index (χ0v) is 14.2. The molecule has 0 saturated heterocycles. The second-order valence-electron chi connectivity index (χ2n) is 5.25. The molecule has 1 atom stereocenters. The van der Waals surface area contributed by atoms with Gasteiger partial charge in [0, 0.05) is 6.54 Å². The SMILES string of the molecule is CCCNC(N)=NCC(c1ccc(OC)c(OC)c1)N(C)C. The van der Waals surface area contributed by atoms with Gasteiger partial charge < -0.3 is 25.4 Å². The van der Waals surface area contributed by atoms with E-state index in [1.807, 2.05) is 32.3 Å². The average Bonchev–Trinajstić information content (AvgIpc) is 2.52. The van der Waals surface area contributed by atoms with E-state index in [1.54, 1.807) is 14.2 Å². The van der Waals surface area contributed by atoms with Gasteiger partial charge in [-0.1, -0.05) is 13.0 Å². The highest BCUT2D eigenvalue weighted by Crippen LogP contribution is 2.31. The van der Waals surface area contributed by atoms with Crippen LogP contribution in [0.25, 0.3) is 0 Å². The molecule has 0 aliphatic carbocycles. The average molecular weight is 308 g/mol. The van der Waals surface area contributed by atoms with Crippen LogP contribution >= 0.6 is 0 Å². The van der Waals surface area contributed by atoms with Gasteiger partial charge in [-0.25, -0.2) is 0 Å². The van der Waals surface area contributed by atoms with Crippen molar-refractivity contribution in [1.82, 2.24) is 10.2 Å². The summed E-state index contributed by atoms with van der Waals surface area (Å²) in [7, 11) is 7.31. The van der Waals surface area contributed by atoms with Gasteiger partial charge in [0.15, 0.2) is 17.5 Å². The van der Waals surface area contributed by atoms with Gasteiger partial charge in [0.05, 0.1) is 26.8 Å². The number of nitrogens with zero attached hydrogens (tertiary/aromatic N) is 2. The molecular formula is C16H28N4O2. The number of nitrogens with two attached hydrogens (primary N) is 1. The number of hydrogen-bond donors (Lipinski definition) is 2. The molecule has 0 radical (unpaired) electrons. The minimum absolute atomic E-state index is 0.113. The predicted molar refractivity (Wildman–Crippen MR) is 90.8 cm³/mol. The standard InChI is InChI=1S/C16H28N4O2/c1-6-9-18-16(17)19-11-13(20(2)3)12-7-8-14(21-4)15(10-12)22-5/h7-8,10,13H,6,9,11H2,1-5H3,(H3,17,18,19). The number of nitrogens with one attached hydrogen (secondary N) is 1. The van der Waals surface area contributed by atoms with Crippen LogP contribution in [0.4, 0.5) is 0 Å². The Kier molecular flexibility index (Phi) is 7.52. The van der Waals surface area contributed by atoms with Crippen LogP contribution in [0.15, 0.2) is 23.2 Å². The van der Waals surface area contributed by atoms with Gasteiger partial charge in [0.1, 0.15) is 0 Å². The van der Waals surface area contributed by atoms with E-state index in [2.05, 4.69) is 22.1 Å². The fraction of sp³-hybridized carbons (Fsp3) is 0.562. The van der Waals surface area contributed by atoms with Crippen molar-refractivity contribution < 1.29 is 9.47 Å². The van der Waals surface area contributed by atoms with Crippen LogP contribution in [0.3, 0.4) is 0 Å². The lowest BCUT2D eigenvalue weighted by Crippen LogP contribution is -2.33. The molecule has 1 unspecified atom stereocenters. The van der Waals surface area contributed by atoms with Crippen LogP contribution in [-0.4, -0.2) is 52.3 Å². The van der Waals surface area contributed by atoms with Gasteiger partial charge in [-0.05, 0) is 38.2 Å². The molecule has 0 aliphatic rings. The highest BCUT2D eigenvalue weighted by atomic mass is 16.5. The first-order valence-corrected chi connectivity index (χ1v) is 7.45. The van der Waals surface area contributed by atoms with E-state index < -0.39 is 0 Å². The van der Waals surface area contributed by atoms with E-state index in [0.29, 0.717) is 18.3 Å². The molecule has 0 spiro atoms. The van der Waals surface area contributed by atoms with Crippen molar-refractivity contribution in [3.63, 3.8) is 0 Å². The quantitative estimate of drug-likeness (QED) is 0.564. The normalized spacial score (nSPS) is 13.1. The lowest BCUT2D eigenvalue weighted by Gasteiger charge is -2.24. The molecule has 0 amide bonds. The zero-order chi connectivity index (χ0) is 16.5. The third-order valence-corrected chi connectivity index (χ3v) is 3.41. The van der Waals surface area contributed by atoms with Crippen molar-refractivity contribution in [2.75, 3.05) is 41.4 Å². The molecule has 0 heterocycles. The summed E-state index contributed by atoms with van der Waals surface area (Å²) >= 11 is 0. The second kappa shape index (κ2) is 9.15. The molecule has 3 N–H and O–H groups in total. The topological polar surface area (TPSA) is 72.1 Å². The zero-order valence-electron chi connectivity index (χ0n) is 14.2. The maximum atomic E-state index is 5.86. The number of guanidine groups is 1. The number of aliphatic imine (C=N–C) groups is 1. The largest absolute Gasteiger partial charge is 0.493 e. The maximum Gasteiger partial charge on any atom is 0.188 e. The van der Waals surface area contributed by atoms with Crippen LogP contribution in [0.2, 0.25) is 0 Å². The molecule has 0 aromatic heterocycles. The van der Waals surface area contributed by atoms with E-state index in [1.165, 1.54) is 0 Å². The Morgan fingerprint density at radius 2 is 1.95 bits per heavy atom. The monoisotopic (exact) mass is 308 g/mol. The summed E-state index contributed by atoms with van der Waals surface area (Å²) in [5, 5.41) is 3.08. The molecule has 124 valence electrons. The summed E-state index contributed by atoms with van der Waals surface area (Å²) in [4.78, 5) is 6.54. The van der Waals surface area contributed by atoms with E-state index in [9.17, 15) is 0 Å². The first kappa shape index (κ1) is 18.1. The summed E-state index contributed by atoms with van der Waals surface area (Å²) in [6.07, 6.45) is 1.02. The molecule has 0 bridgehead atoms. The van der Waals surface area contributed by atoms with E-state index in [4.69, 9.17) is 15.2 Å². The van der Waals surface area contributed by atoms with Crippen LogP contribution in [0, 0.1) is 0 Å². The molecular weight excluding hydrogens is 280 g/mol. The van der Waals surface area contributed by atoms with Gasteiger partial charge in [-0.3, -0.25) is 4.99 Å². The smallest absolute Gasteiger partial charge is 0.188 e. The summed E-state index contributed by atoms with van der Waals surface area (Å²) in [6, 6.07) is 6.03. The van der Waals surface area contributed by atoms with Gasteiger partial charge in [-0.15, -0.1) is 0 Å². The number of likely N-dealkylation sites (N-methyl/N-ethyl adjacent to an activating group) is 1. The summed E-state index contributed by atoms with van der Waals surface area (Å²) in [5.41, 5.74) is 6.97. The highest BCUT2D eigenvalue weighted by molar-refractivity contribution is 5.77. The fourth-order valence-electron chi connectivity index (χ4n) is 2.12. The van der Waals surface area contributed by atoms with Gasteiger partial charge in [-0.2, -0.15) is 0 Å². The predicted octanol–water partition coefficient (Wildman–Crippen LogP) is 1.62. The summed E-state index contributed by atoms with van der Waals surface area (Å²) in [5.74, 6) is 1.92. The van der Waals surface area contributed by atoms with Crippen molar-refractivity contribution in [3.05, 3.63) is 23.8 Å². The molecule has 1 rings (SSSR count). The third kappa shape index (κ3) is 5.11. The van der Waals surface area contributed by atoms with Crippen molar-refractivity contribution in [1.29, 1.82) is 0 Å². The lowest BCUT2D eigenvalue weighted by atomic mass is 10.1. The first-order valence-electron chi connectivity index (χ1n) is 7.45. The Morgan fingerprint density at radius 1 is 1.27 bits per heavy atom. The lowest BCUT2D eigenvalue weighted by molar-refractivity contribution is 0.303. The van der Waals surface area contributed by atoms with Crippen molar-refractivity contribution in [2.24, 2.45) is 10.7 Å². The Hall–Kier alpha value is -1.95.